The molecule has 37 heavy (non-hydrogen) atoms. The van der Waals surface area contributed by atoms with Crippen molar-refractivity contribution >= 4 is 83.1 Å². The molecular weight excluding hydrogens is 560 g/mol. The Morgan fingerprint density at radius 3 is 1.62 bits per heavy atom. The van der Waals surface area contributed by atoms with Gasteiger partial charge in [-0.15, -0.1) is 0 Å². The summed E-state index contributed by atoms with van der Waals surface area (Å²) in [5, 5.41) is 16.3. The standard InChI is InChI=1S/C36H30Te/c1-35(2,3)26-16-23-24-18-28(19-10-8-7-9-11-19)37-34(24)25-17-27(36(4,5)6)22-15-13-20-12-14-21(26)30-29(20)31(22)33(25)32(23)30/h7-18H,1-6H3. The third kappa shape index (κ3) is 2.80. The zero-order valence-corrected chi connectivity index (χ0v) is 24.7. The van der Waals surface area contributed by atoms with Gasteiger partial charge in [0.2, 0.25) is 0 Å². The molecule has 0 N–H and O–H groups in total. The molecule has 1 aromatic heterocycles. The van der Waals surface area contributed by atoms with E-state index in [1.807, 2.05) is 0 Å². The minimum atomic E-state index is -0.512. The number of fused-ring (bicyclic) bond motifs is 3. The van der Waals surface area contributed by atoms with Crippen molar-refractivity contribution in [1.82, 2.24) is 0 Å². The molecule has 0 atom stereocenters. The topological polar surface area (TPSA) is 0 Å². The fraction of sp³-hybridized carbons (Fsp3) is 0.222. The fourth-order valence-electron chi connectivity index (χ4n) is 6.93. The predicted molar refractivity (Wildman–Crippen MR) is 165 cm³/mol. The summed E-state index contributed by atoms with van der Waals surface area (Å²) in [5.74, 6) is 0. The average Bonchev–Trinajstić information content (AvgIpc) is 3.46. The van der Waals surface area contributed by atoms with Gasteiger partial charge < -0.3 is 0 Å². The van der Waals surface area contributed by atoms with Crippen LogP contribution in [0, 0.1) is 0 Å². The molecule has 0 aliphatic heterocycles. The summed E-state index contributed by atoms with van der Waals surface area (Å²) in [6.45, 7) is 14.3. The van der Waals surface area contributed by atoms with E-state index in [1.165, 1.54) is 75.9 Å². The SMILES string of the molecule is CC(C)(C)c1cc2c3cc(-c4ccccc4)[te]c3c3cc(C(C)(C)C)c4ccc5ccc1c1c5c4c3c21. The van der Waals surface area contributed by atoms with Crippen LogP contribution < -0.4 is 0 Å². The molecule has 1 heteroatoms. The Morgan fingerprint density at radius 2 is 1.03 bits per heavy atom. The van der Waals surface area contributed by atoms with E-state index >= 15 is 0 Å². The van der Waals surface area contributed by atoms with Crippen molar-refractivity contribution in [2.24, 2.45) is 0 Å². The van der Waals surface area contributed by atoms with Gasteiger partial charge in [0.25, 0.3) is 0 Å². The first kappa shape index (κ1) is 22.2. The molecule has 8 rings (SSSR count). The van der Waals surface area contributed by atoms with Gasteiger partial charge in [-0.1, -0.05) is 0 Å². The van der Waals surface area contributed by atoms with Crippen LogP contribution in [-0.4, -0.2) is 20.4 Å². The molecule has 0 aliphatic carbocycles. The van der Waals surface area contributed by atoms with E-state index in [2.05, 4.69) is 114 Å². The summed E-state index contributed by atoms with van der Waals surface area (Å²) in [6, 6.07) is 28.4. The van der Waals surface area contributed by atoms with E-state index in [4.69, 9.17) is 0 Å². The van der Waals surface area contributed by atoms with E-state index in [-0.39, 0.29) is 10.8 Å². The van der Waals surface area contributed by atoms with Crippen LogP contribution in [0.2, 0.25) is 0 Å². The molecule has 0 nitrogen and oxygen atoms in total. The van der Waals surface area contributed by atoms with Crippen LogP contribution in [0.3, 0.4) is 0 Å². The van der Waals surface area contributed by atoms with Gasteiger partial charge in [-0.3, -0.25) is 0 Å². The molecule has 0 saturated carbocycles. The number of rotatable bonds is 1. The summed E-state index contributed by atoms with van der Waals surface area (Å²) in [6.07, 6.45) is 0. The van der Waals surface area contributed by atoms with Crippen LogP contribution in [0.15, 0.2) is 72.8 Å². The van der Waals surface area contributed by atoms with Crippen LogP contribution in [0.25, 0.3) is 71.8 Å². The van der Waals surface area contributed by atoms with Crippen molar-refractivity contribution in [2.45, 2.75) is 52.4 Å². The van der Waals surface area contributed by atoms with Gasteiger partial charge in [-0.25, -0.2) is 0 Å². The molecule has 8 aromatic rings. The third-order valence-electron chi connectivity index (χ3n) is 8.57. The van der Waals surface area contributed by atoms with E-state index in [0.29, 0.717) is 0 Å². The summed E-state index contributed by atoms with van der Waals surface area (Å²) in [5.41, 5.74) is 4.51. The van der Waals surface area contributed by atoms with Crippen LogP contribution in [0.4, 0.5) is 0 Å². The van der Waals surface area contributed by atoms with Gasteiger partial charge >= 0.3 is 229 Å². The number of hydrogen-bond donors (Lipinski definition) is 0. The normalized spacial score (nSPS) is 13.7. The molecule has 0 radical (unpaired) electrons. The second-order valence-electron chi connectivity index (χ2n) is 13.0. The number of benzene rings is 6. The van der Waals surface area contributed by atoms with Crippen LogP contribution in [-0.2, 0) is 10.8 Å². The van der Waals surface area contributed by atoms with Gasteiger partial charge in [0.15, 0.2) is 0 Å². The Labute approximate surface area is 227 Å². The van der Waals surface area contributed by atoms with Crippen molar-refractivity contribution in [1.29, 1.82) is 0 Å². The molecule has 1 heterocycles. The molecule has 0 fully saturated rings. The Morgan fingerprint density at radius 1 is 0.486 bits per heavy atom. The first-order chi connectivity index (χ1) is 17.6. The van der Waals surface area contributed by atoms with Crippen molar-refractivity contribution in [3.05, 3.63) is 83.9 Å². The second kappa shape index (κ2) is 6.96. The molecule has 0 unspecified atom stereocenters. The first-order valence-corrected chi connectivity index (χ1v) is 15.7. The van der Waals surface area contributed by atoms with Crippen LogP contribution >= 0.6 is 0 Å². The van der Waals surface area contributed by atoms with Crippen molar-refractivity contribution in [3.8, 4) is 9.14 Å². The van der Waals surface area contributed by atoms with Gasteiger partial charge in [-0.05, 0) is 0 Å². The fourth-order valence-corrected chi connectivity index (χ4v) is 10.4. The Bertz CT molecular complexity index is 2000. The molecule has 0 aliphatic rings. The summed E-state index contributed by atoms with van der Waals surface area (Å²) in [7, 11) is 0. The number of hydrogen-bond acceptors (Lipinski definition) is 0. The summed E-state index contributed by atoms with van der Waals surface area (Å²) in [4.78, 5) is 0. The Kier molecular flexibility index (Phi) is 4.17. The predicted octanol–water partition coefficient (Wildman–Crippen LogP) is 10.2. The third-order valence-corrected chi connectivity index (χ3v) is 12.0. The molecule has 0 amide bonds. The minimum absolute atomic E-state index is 0.0736. The van der Waals surface area contributed by atoms with E-state index < -0.39 is 20.4 Å². The van der Waals surface area contributed by atoms with Gasteiger partial charge in [-0.2, -0.15) is 0 Å². The zero-order valence-electron chi connectivity index (χ0n) is 22.3. The van der Waals surface area contributed by atoms with Crippen molar-refractivity contribution < 1.29 is 0 Å². The zero-order chi connectivity index (χ0) is 25.4. The average molecular weight is 590 g/mol. The van der Waals surface area contributed by atoms with Crippen molar-refractivity contribution in [3.63, 3.8) is 0 Å². The molecule has 180 valence electrons. The van der Waals surface area contributed by atoms with Crippen LogP contribution in [0.5, 0.6) is 0 Å². The Balaban J connectivity index is 1.72. The second-order valence-corrected chi connectivity index (χ2v) is 16.0. The first-order valence-electron chi connectivity index (χ1n) is 13.4. The van der Waals surface area contributed by atoms with E-state index in [9.17, 15) is 0 Å². The van der Waals surface area contributed by atoms with Gasteiger partial charge in [0, 0.05) is 0 Å². The molecule has 0 saturated heterocycles. The van der Waals surface area contributed by atoms with Gasteiger partial charge in [0.1, 0.15) is 0 Å². The van der Waals surface area contributed by atoms with Crippen molar-refractivity contribution in [2.75, 3.05) is 0 Å². The summed E-state index contributed by atoms with van der Waals surface area (Å²) >= 11 is -0.512. The summed E-state index contributed by atoms with van der Waals surface area (Å²) < 4.78 is 3.21. The maximum atomic E-state index is 2.59. The quantitative estimate of drug-likeness (QED) is 0.132. The van der Waals surface area contributed by atoms with E-state index in [0.717, 1.165) is 0 Å². The molecule has 0 bridgehead atoms. The molecular formula is C36H30Te. The van der Waals surface area contributed by atoms with Crippen LogP contribution in [0.1, 0.15) is 52.7 Å². The Hall–Kier alpha value is -2.85. The van der Waals surface area contributed by atoms with E-state index in [1.54, 1.807) is 6.98 Å². The van der Waals surface area contributed by atoms with Gasteiger partial charge in [0.05, 0.1) is 0 Å². The monoisotopic (exact) mass is 592 g/mol. The maximum absolute atomic E-state index is 2.59. The molecule has 0 spiro atoms. The molecule has 7 aromatic carbocycles.